The van der Waals surface area contributed by atoms with Gasteiger partial charge in [0.1, 0.15) is 11.6 Å². The summed E-state index contributed by atoms with van der Waals surface area (Å²) in [6.45, 7) is 0. The predicted molar refractivity (Wildman–Crippen MR) is 115 cm³/mol. The fourth-order valence-electron chi connectivity index (χ4n) is 2.91. The maximum atomic E-state index is 14.1. The van der Waals surface area contributed by atoms with Crippen LogP contribution in [-0.4, -0.2) is 23.9 Å². The summed E-state index contributed by atoms with van der Waals surface area (Å²) in [4.78, 5) is 29.6. The Labute approximate surface area is 180 Å². The van der Waals surface area contributed by atoms with Crippen LogP contribution in [0.25, 0.3) is 11.3 Å². The molecule has 2 heterocycles. The summed E-state index contributed by atoms with van der Waals surface area (Å²) in [6, 6.07) is 14.2. The number of thiophene rings is 1. The number of rotatable bonds is 6. The van der Waals surface area contributed by atoms with Crippen molar-refractivity contribution in [1.82, 2.24) is 4.98 Å². The Morgan fingerprint density at radius 3 is 2.65 bits per heavy atom. The molecule has 0 fully saturated rings. The monoisotopic (exact) mass is 437 g/mol. The average molecular weight is 437 g/mol. The number of carbonyl (C=O) groups is 2. The summed E-state index contributed by atoms with van der Waals surface area (Å²) >= 11 is 1.31. The van der Waals surface area contributed by atoms with Gasteiger partial charge in [-0.3, -0.25) is 9.59 Å². The van der Waals surface area contributed by atoms with E-state index < -0.39 is 11.7 Å². The Kier molecular flexibility index (Phi) is 5.76. The molecule has 156 valence electrons. The standard InChI is InChI=1S/C22H16FN3O4S/c1-29-17-9-8-13(11-16(17)26-21(27)18-7-4-10-31-18)25-22(28)19-20(30-12-24-19)14-5-2-3-6-15(14)23/h2-12H,1H3,(H,25,28)(H,26,27). The molecule has 0 saturated carbocycles. The molecule has 0 bridgehead atoms. The first-order valence-electron chi connectivity index (χ1n) is 9.09. The van der Waals surface area contributed by atoms with Crippen LogP contribution in [0.3, 0.4) is 0 Å². The van der Waals surface area contributed by atoms with Crippen LogP contribution in [0.1, 0.15) is 20.2 Å². The Balaban J connectivity index is 1.58. The lowest BCUT2D eigenvalue weighted by molar-refractivity contribution is 0.101. The molecule has 0 atom stereocenters. The fourth-order valence-corrected chi connectivity index (χ4v) is 3.53. The highest BCUT2D eigenvalue weighted by atomic mass is 32.1. The minimum atomic E-state index is -0.590. The van der Waals surface area contributed by atoms with Crippen LogP contribution >= 0.6 is 11.3 Å². The van der Waals surface area contributed by atoms with Crippen LogP contribution in [0, 0.1) is 5.82 Å². The van der Waals surface area contributed by atoms with Gasteiger partial charge in [-0.25, -0.2) is 9.37 Å². The number of carbonyl (C=O) groups excluding carboxylic acids is 2. The lowest BCUT2D eigenvalue weighted by Crippen LogP contribution is -2.15. The number of oxazole rings is 1. The molecule has 9 heteroatoms. The van der Waals surface area contributed by atoms with E-state index in [-0.39, 0.29) is 22.9 Å². The molecule has 0 spiro atoms. The normalized spacial score (nSPS) is 10.5. The molecule has 2 amide bonds. The number of hydrogen-bond donors (Lipinski definition) is 2. The average Bonchev–Trinajstić information content (AvgIpc) is 3.47. The van der Waals surface area contributed by atoms with E-state index in [1.165, 1.54) is 36.6 Å². The number of anilines is 2. The number of ether oxygens (including phenoxy) is 1. The fraction of sp³-hybridized carbons (Fsp3) is 0.0455. The van der Waals surface area contributed by atoms with Crippen molar-refractivity contribution in [2.24, 2.45) is 0 Å². The first kappa shape index (κ1) is 20.3. The summed E-state index contributed by atoms with van der Waals surface area (Å²) in [6.07, 6.45) is 1.08. The van der Waals surface area contributed by atoms with Gasteiger partial charge in [-0.1, -0.05) is 18.2 Å². The van der Waals surface area contributed by atoms with E-state index in [2.05, 4.69) is 15.6 Å². The van der Waals surface area contributed by atoms with E-state index in [0.29, 0.717) is 22.0 Å². The van der Waals surface area contributed by atoms with Crippen molar-refractivity contribution in [2.75, 3.05) is 17.7 Å². The first-order chi connectivity index (χ1) is 15.1. The van der Waals surface area contributed by atoms with Crippen molar-refractivity contribution in [1.29, 1.82) is 0 Å². The number of hydrogen-bond acceptors (Lipinski definition) is 6. The smallest absolute Gasteiger partial charge is 0.278 e. The molecule has 2 aromatic heterocycles. The molecule has 7 nitrogen and oxygen atoms in total. The van der Waals surface area contributed by atoms with Gasteiger partial charge in [0, 0.05) is 5.69 Å². The van der Waals surface area contributed by atoms with Crippen molar-refractivity contribution in [3.63, 3.8) is 0 Å². The zero-order valence-electron chi connectivity index (χ0n) is 16.2. The van der Waals surface area contributed by atoms with E-state index in [9.17, 15) is 14.0 Å². The van der Waals surface area contributed by atoms with Crippen molar-refractivity contribution < 1.29 is 23.1 Å². The third kappa shape index (κ3) is 4.31. The maximum Gasteiger partial charge on any atom is 0.278 e. The number of halogens is 1. The Bertz CT molecular complexity index is 1240. The van der Waals surface area contributed by atoms with Crippen LogP contribution in [0.4, 0.5) is 15.8 Å². The highest BCUT2D eigenvalue weighted by Crippen LogP contribution is 2.30. The topological polar surface area (TPSA) is 93.5 Å². The highest BCUT2D eigenvalue weighted by molar-refractivity contribution is 7.12. The lowest BCUT2D eigenvalue weighted by atomic mass is 10.1. The number of nitrogens with zero attached hydrogens (tertiary/aromatic N) is 1. The zero-order chi connectivity index (χ0) is 21.8. The molecule has 0 radical (unpaired) electrons. The van der Waals surface area contributed by atoms with Gasteiger partial charge in [0.2, 0.25) is 0 Å². The molecule has 0 aliphatic rings. The third-order valence-corrected chi connectivity index (χ3v) is 5.22. The molecule has 4 aromatic rings. The molecule has 0 aliphatic heterocycles. The third-order valence-electron chi connectivity index (χ3n) is 4.35. The number of benzene rings is 2. The molecular formula is C22H16FN3O4S. The quantitative estimate of drug-likeness (QED) is 0.440. The van der Waals surface area contributed by atoms with Crippen LogP contribution in [0.15, 0.2) is 70.8 Å². The number of methoxy groups -OCH3 is 1. The van der Waals surface area contributed by atoms with Gasteiger partial charge in [-0.15, -0.1) is 11.3 Å². The van der Waals surface area contributed by atoms with Gasteiger partial charge in [-0.05, 0) is 41.8 Å². The molecule has 2 N–H and O–H groups in total. The van der Waals surface area contributed by atoms with E-state index in [4.69, 9.17) is 9.15 Å². The second-order valence-electron chi connectivity index (χ2n) is 6.31. The van der Waals surface area contributed by atoms with E-state index in [0.717, 1.165) is 6.39 Å². The number of aromatic nitrogens is 1. The van der Waals surface area contributed by atoms with Crippen molar-refractivity contribution in [3.05, 3.63) is 82.8 Å². The van der Waals surface area contributed by atoms with Gasteiger partial charge in [0.25, 0.3) is 11.8 Å². The predicted octanol–water partition coefficient (Wildman–Crippen LogP) is 5.06. The Morgan fingerprint density at radius 2 is 1.90 bits per heavy atom. The van der Waals surface area contributed by atoms with Crippen LogP contribution in [0.5, 0.6) is 5.75 Å². The second kappa shape index (κ2) is 8.80. The molecular weight excluding hydrogens is 421 g/mol. The molecule has 31 heavy (non-hydrogen) atoms. The zero-order valence-corrected chi connectivity index (χ0v) is 17.0. The van der Waals surface area contributed by atoms with Gasteiger partial charge >= 0.3 is 0 Å². The van der Waals surface area contributed by atoms with Crippen molar-refractivity contribution >= 4 is 34.5 Å². The van der Waals surface area contributed by atoms with E-state index >= 15 is 0 Å². The minimum Gasteiger partial charge on any atom is -0.495 e. The molecule has 0 aliphatic carbocycles. The van der Waals surface area contributed by atoms with Crippen LogP contribution in [0.2, 0.25) is 0 Å². The molecule has 0 saturated heterocycles. The van der Waals surface area contributed by atoms with Crippen molar-refractivity contribution in [3.8, 4) is 17.1 Å². The lowest BCUT2D eigenvalue weighted by Gasteiger charge is -2.12. The molecule has 0 unspecified atom stereocenters. The number of nitrogens with one attached hydrogen (secondary N) is 2. The Morgan fingerprint density at radius 1 is 1.06 bits per heavy atom. The summed E-state index contributed by atoms with van der Waals surface area (Å²) in [5.41, 5.74) is 0.830. The summed E-state index contributed by atoms with van der Waals surface area (Å²) in [5, 5.41) is 7.25. The minimum absolute atomic E-state index is 0.0235. The van der Waals surface area contributed by atoms with E-state index in [1.54, 1.807) is 41.8 Å². The molecule has 4 rings (SSSR count). The first-order valence-corrected chi connectivity index (χ1v) is 9.97. The highest BCUT2D eigenvalue weighted by Gasteiger charge is 2.21. The summed E-state index contributed by atoms with van der Waals surface area (Å²) < 4.78 is 24.7. The SMILES string of the molecule is COc1ccc(NC(=O)c2ncoc2-c2ccccc2F)cc1NC(=O)c1cccs1. The largest absolute Gasteiger partial charge is 0.495 e. The van der Waals surface area contributed by atoms with Crippen molar-refractivity contribution in [2.45, 2.75) is 0 Å². The van der Waals surface area contributed by atoms with E-state index in [1.807, 2.05) is 0 Å². The summed E-state index contributed by atoms with van der Waals surface area (Å²) in [5.74, 6) is -0.967. The maximum absolute atomic E-state index is 14.1. The number of amides is 2. The van der Waals surface area contributed by atoms with Gasteiger partial charge in [0.05, 0.1) is 23.2 Å². The van der Waals surface area contributed by atoms with Gasteiger partial charge in [-0.2, -0.15) is 0 Å². The second-order valence-corrected chi connectivity index (χ2v) is 7.26. The van der Waals surface area contributed by atoms with Crippen LogP contribution < -0.4 is 15.4 Å². The summed E-state index contributed by atoms with van der Waals surface area (Å²) in [7, 11) is 1.48. The van der Waals surface area contributed by atoms with Gasteiger partial charge in [0.15, 0.2) is 17.8 Å². The van der Waals surface area contributed by atoms with Gasteiger partial charge < -0.3 is 19.8 Å². The van der Waals surface area contributed by atoms with Crippen LogP contribution in [-0.2, 0) is 0 Å². The Hall–Kier alpha value is -3.98. The molecule has 2 aromatic carbocycles.